The van der Waals surface area contributed by atoms with Crippen LogP contribution >= 0.6 is 34.8 Å². The largest absolute Gasteiger partial charge is 0.487 e. The number of hydrogen-bond acceptors (Lipinski definition) is 2. The van der Waals surface area contributed by atoms with Crippen LogP contribution < -0.4 is 4.74 Å². The van der Waals surface area contributed by atoms with E-state index in [0.29, 0.717) is 26.9 Å². The standard InChI is InChI=1S/C14H9Cl3O2/c15-10-5-6-12(16)13(7-10)19-8-9-3-1-2-4-11(9)14(17)18/h1-7H,8H2. The molecule has 0 aliphatic carbocycles. The number of benzene rings is 2. The Kier molecular flexibility index (Phi) is 4.70. The maximum absolute atomic E-state index is 11.3. The minimum absolute atomic E-state index is 0.189. The van der Waals surface area contributed by atoms with E-state index in [4.69, 9.17) is 39.5 Å². The molecular formula is C14H9Cl3O2. The van der Waals surface area contributed by atoms with Gasteiger partial charge in [0.05, 0.1) is 5.02 Å². The molecule has 0 aliphatic heterocycles. The molecule has 0 heterocycles. The molecule has 98 valence electrons. The number of carbonyl (C=O) groups excluding carboxylic acids is 1. The second kappa shape index (κ2) is 6.29. The Morgan fingerprint density at radius 1 is 1.11 bits per heavy atom. The highest BCUT2D eigenvalue weighted by Gasteiger charge is 2.09. The van der Waals surface area contributed by atoms with Crippen molar-refractivity contribution in [3.8, 4) is 5.75 Å². The molecule has 0 saturated heterocycles. The minimum atomic E-state index is -0.517. The molecule has 0 amide bonds. The highest BCUT2D eigenvalue weighted by molar-refractivity contribution is 6.67. The van der Waals surface area contributed by atoms with Gasteiger partial charge >= 0.3 is 0 Å². The molecule has 2 aromatic carbocycles. The van der Waals surface area contributed by atoms with Crippen molar-refractivity contribution in [3.05, 3.63) is 63.6 Å². The van der Waals surface area contributed by atoms with Gasteiger partial charge in [0.2, 0.25) is 0 Å². The molecular weight excluding hydrogens is 307 g/mol. The van der Waals surface area contributed by atoms with Crippen LogP contribution in [0.1, 0.15) is 15.9 Å². The Morgan fingerprint density at radius 2 is 1.84 bits per heavy atom. The second-order valence-corrected chi connectivity index (χ2v) is 4.98. The maximum atomic E-state index is 11.3. The van der Waals surface area contributed by atoms with Gasteiger partial charge in [0, 0.05) is 22.2 Å². The molecule has 0 atom stereocenters. The molecule has 5 heteroatoms. The summed E-state index contributed by atoms with van der Waals surface area (Å²) in [5, 5.41) is 0.469. The summed E-state index contributed by atoms with van der Waals surface area (Å²) in [6.07, 6.45) is 0. The molecule has 0 unspecified atom stereocenters. The number of carbonyl (C=O) groups is 1. The van der Waals surface area contributed by atoms with Crippen molar-refractivity contribution < 1.29 is 9.53 Å². The average Bonchev–Trinajstić information content (AvgIpc) is 2.40. The first-order valence-corrected chi connectivity index (χ1v) is 6.57. The van der Waals surface area contributed by atoms with Gasteiger partial charge in [-0.3, -0.25) is 4.79 Å². The van der Waals surface area contributed by atoms with E-state index in [9.17, 15) is 4.79 Å². The lowest BCUT2D eigenvalue weighted by Gasteiger charge is -2.10. The zero-order valence-electron chi connectivity index (χ0n) is 9.70. The van der Waals surface area contributed by atoms with E-state index in [1.807, 2.05) is 6.07 Å². The van der Waals surface area contributed by atoms with E-state index < -0.39 is 5.24 Å². The van der Waals surface area contributed by atoms with Crippen LogP contribution in [-0.2, 0) is 6.61 Å². The Morgan fingerprint density at radius 3 is 2.58 bits per heavy atom. The predicted molar refractivity (Wildman–Crippen MR) is 77.4 cm³/mol. The summed E-state index contributed by atoms with van der Waals surface area (Å²) in [6, 6.07) is 11.9. The number of ether oxygens (including phenoxy) is 1. The number of halogens is 3. The molecule has 0 N–H and O–H groups in total. The van der Waals surface area contributed by atoms with Crippen molar-refractivity contribution in [2.75, 3.05) is 0 Å². The molecule has 0 spiro atoms. The van der Waals surface area contributed by atoms with Crippen LogP contribution in [0.4, 0.5) is 0 Å². The Hall–Kier alpha value is -1.22. The number of rotatable bonds is 4. The zero-order chi connectivity index (χ0) is 13.8. The van der Waals surface area contributed by atoms with Crippen LogP contribution in [0.5, 0.6) is 5.75 Å². The van der Waals surface area contributed by atoms with E-state index in [1.165, 1.54) is 0 Å². The van der Waals surface area contributed by atoms with Crippen LogP contribution in [0.2, 0.25) is 10.0 Å². The van der Waals surface area contributed by atoms with Crippen LogP contribution in [0.15, 0.2) is 42.5 Å². The van der Waals surface area contributed by atoms with Gasteiger partial charge in [-0.05, 0) is 29.8 Å². The topological polar surface area (TPSA) is 26.3 Å². The first kappa shape index (κ1) is 14.2. The molecule has 19 heavy (non-hydrogen) atoms. The molecule has 0 saturated carbocycles. The normalized spacial score (nSPS) is 10.3. The van der Waals surface area contributed by atoms with E-state index >= 15 is 0 Å². The predicted octanol–water partition coefficient (Wildman–Crippen LogP) is 4.95. The summed E-state index contributed by atoms with van der Waals surface area (Å²) in [6.45, 7) is 0.189. The van der Waals surface area contributed by atoms with Gasteiger partial charge < -0.3 is 4.74 Å². The first-order valence-electron chi connectivity index (χ1n) is 5.43. The zero-order valence-corrected chi connectivity index (χ0v) is 12.0. The third-order valence-corrected chi connectivity index (χ3v) is 3.26. The van der Waals surface area contributed by atoms with Gasteiger partial charge in [0.25, 0.3) is 5.24 Å². The first-order chi connectivity index (χ1) is 9.08. The number of hydrogen-bond donors (Lipinski definition) is 0. The van der Waals surface area contributed by atoms with Crippen molar-refractivity contribution in [2.24, 2.45) is 0 Å². The summed E-state index contributed by atoms with van der Waals surface area (Å²) >= 11 is 17.4. The van der Waals surface area contributed by atoms with Crippen molar-refractivity contribution in [2.45, 2.75) is 6.61 Å². The Labute approximate surface area is 125 Å². The third kappa shape index (κ3) is 3.63. The summed E-state index contributed by atoms with van der Waals surface area (Å²) in [5.74, 6) is 0.464. The summed E-state index contributed by atoms with van der Waals surface area (Å²) in [5.41, 5.74) is 1.11. The molecule has 0 bridgehead atoms. The lowest BCUT2D eigenvalue weighted by Crippen LogP contribution is -2.02. The molecule has 2 nitrogen and oxygen atoms in total. The van der Waals surface area contributed by atoms with E-state index in [-0.39, 0.29) is 6.61 Å². The summed E-state index contributed by atoms with van der Waals surface area (Å²) in [4.78, 5) is 11.3. The minimum Gasteiger partial charge on any atom is -0.487 e. The fraction of sp³-hybridized carbons (Fsp3) is 0.0714. The molecule has 2 aromatic rings. The molecule has 0 aromatic heterocycles. The summed E-state index contributed by atoms with van der Waals surface area (Å²) < 4.78 is 5.57. The lowest BCUT2D eigenvalue weighted by molar-refractivity contribution is 0.107. The monoisotopic (exact) mass is 314 g/mol. The quantitative estimate of drug-likeness (QED) is 0.746. The van der Waals surface area contributed by atoms with E-state index in [1.54, 1.807) is 36.4 Å². The smallest absolute Gasteiger partial charge is 0.252 e. The van der Waals surface area contributed by atoms with Crippen molar-refractivity contribution in [1.29, 1.82) is 0 Å². The molecule has 0 fully saturated rings. The van der Waals surface area contributed by atoms with Gasteiger partial charge in [-0.25, -0.2) is 0 Å². The SMILES string of the molecule is O=C(Cl)c1ccccc1COc1cc(Cl)ccc1Cl. The van der Waals surface area contributed by atoms with Crippen LogP contribution in [0, 0.1) is 0 Å². The Balaban J connectivity index is 2.19. The molecule has 2 rings (SSSR count). The van der Waals surface area contributed by atoms with Gasteiger partial charge in [0.1, 0.15) is 12.4 Å². The van der Waals surface area contributed by atoms with Gasteiger partial charge in [-0.2, -0.15) is 0 Å². The fourth-order valence-corrected chi connectivity index (χ4v) is 2.10. The maximum Gasteiger partial charge on any atom is 0.252 e. The van der Waals surface area contributed by atoms with Crippen LogP contribution in [0.25, 0.3) is 0 Å². The van der Waals surface area contributed by atoms with E-state index in [2.05, 4.69) is 0 Å². The van der Waals surface area contributed by atoms with Crippen LogP contribution in [-0.4, -0.2) is 5.24 Å². The van der Waals surface area contributed by atoms with Crippen molar-refractivity contribution in [3.63, 3.8) is 0 Å². The van der Waals surface area contributed by atoms with Crippen molar-refractivity contribution in [1.82, 2.24) is 0 Å². The summed E-state index contributed by atoms with van der Waals surface area (Å²) in [7, 11) is 0. The van der Waals surface area contributed by atoms with Crippen LogP contribution in [0.3, 0.4) is 0 Å². The van der Waals surface area contributed by atoms with Gasteiger partial charge in [0.15, 0.2) is 0 Å². The van der Waals surface area contributed by atoms with E-state index in [0.717, 1.165) is 0 Å². The van der Waals surface area contributed by atoms with Gasteiger partial charge in [-0.15, -0.1) is 0 Å². The average molecular weight is 316 g/mol. The second-order valence-electron chi connectivity index (χ2n) is 3.79. The fourth-order valence-electron chi connectivity index (χ4n) is 1.58. The Bertz CT molecular complexity index is 611. The third-order valence-electron chi connectivity index (χ3n) is 2.51. The molecule has 0 aliphatic rings. The highest BCUT2D eigenvalue weighted by atomic mass is 35.5. The lowest BCUT2D eigenvalue weighted by atomic mass is 10.1. The molecule has 0 radical (unpaired) electrons. The highest BCUT2D eigenvalue weighted by Crippen LogP contribution is 2.28. The van der Waals surface area contributed by atoms with Crippen molar-refractivity contribution >= 4 is 40.0 Å². The van der Waals surface area contributed by atoms with Gasteiger partial charge in [-0.1, -0.05) is 41.4 Å².